The van der Waals surface area contributed by atoms with Gasteiger partial charge in [0.15, 0.2) is 11.4 Å². The van der Waals surface area contributed by atoms with Crippen LogP contribution < -0.4 is 9.80 Å². The summed E-state index contributed by atoms with van der Waals surface area (Å²) < 4.78 is 30.3. The zero-order valence-corrected chi connectivity index (χ0v) is 14.8. The molecule has 1 atom stereocenters. The molecule has 4 heterocycles. The second kappa shape index (κ2) is 5.21. The summed E-state index contributed by atoms with van der Waals surface area (Å²) in [5.74, 6) is 0.446. The average molecular weight is 347 g/mol. The highest BCUT2D eigenvalue weighted by atomic mass is 16.3. The van der Waals surface area contributed by atoms with Gasteiger partial charge in [0.05, 0.1) is 11.4 Å². The third kappa shape index (κ3) is 1.91. The summed E-state index contributed by atoms with van der Waals surface area (Å²) in [5, 5.41) is 1.90. The maximum Gasteiger partial charge on any atom is 0.227 e. The summed E-state index contributed by atoms with van der Waals surface area (Å²) in [7, 11) is 0. The van der Waals surface area contributed by atoms with Gasteiger partial charge in [0, 0.05) is 33.8 Å². The summed E-state index contributed by atoms with van der Waals surface area (Å²) in [5.41, 5.74) is 4.74. The van der Waals surface area contributed by atoms with E-state index in [1.165, 1.54) is 4.90 Å². The van der Waals surface area contributed by atoms with Crippen LogP contribution in [-0.4, -0.2) is 23.1 Å². The van der Waals surface area contributed by atoms with Gasteiger partial charge in [-0.05, 0) is 50.6 Å². The van der Waals surface area contributed by atoms with Crippen molar-refractivity contribution in [2.75, 3.05) is 16.8 Å². The topological polar surface area (TPSA) is 45.4 Å². The number of anilines is 3. The molecule has 5 rings (SSSR count). The molecule has 0 amide bonds. The number of furan rings is 1. The molecule has 4 aromatic rings. The number of pyridine rings is 2. The molecule has 0 saturated heterocycles. The van der Waals surface area contributed by atoms with Crippen molar-refractivity contribution in [2.24, 2.45) is 0 Å². The first-order valence-corrected chi connectivity index (χ1v) is 8.60. The van der Waals surface area contributed by atoms with Crippen molar-refractivity contribution in [3.8, 4) is 0 Å². The summed E-state index contributed by atoms with van der Waals surface area (Å²) in [6.45, 7) is 3.49. The van der Waals surface area contributed by atoms with Gasteiger partial charge in [-0.25, -0.2) is 9.97 Å². The Hall–Kier alpha value is -3.08. The molecule has 0 saturated carbocycles. The van der Waals surface area contributed by atoms with Crippen LogP contribution in [0.15, 0.2) is 47.0 Å². The van der Waals surface area contributed by atoms with E-state index in [0.29, 0.717) is 17.1 Å². The Balaban J connectivity index is 1.81. The molecule has 0 fully saturated rings. The van der Waals surface area contributed by atoms with Crippen LogP contribution in [0.25, 0.3) is 22.1 Å². The third-order valence-electron chi connectivity index (χ3n) is 5.06. The fraction of sp³-hybridized carbons (Fsp3) is 0.238. The highest BCUT2D eigenvalue weighted by molar-refractivity contribution is 6.09. The molecule has 3 aromatic heterocycles. The lowest BCUT2D eigenvalue weighted by molar-refractivity contribution is 0.646. The summed E-state index contributed by atoms with van der Waals surface area (Å²) in [6.07, 6.45) is 1.16. The van der Waals surface area contributed by atoms with E-state index >= 15 is 0 Å². The minimum absolute atomic E-state index is 0.446. The van der Waals surface area contributed by atoms with Crippen LogP contribution in [-0.2, 0) is 0 Å². The molecule has 0 radical (unpaired) electrons. The normalized spacial score (nSPS) is 18.9. The number of hydrogen-bond donors (Lipinski definition) is 0. The van der Waals surface area contributed by atoms with E-state index in [1.54, 1.807) is 6.20 Å². The average Bonchev–Trinajstić information content (AvgIpc) is 3.15. The van der Waals surface area contributed by atoms with Gasteiger partial charge in [0.2, 0.25) is 5.71 Å². The van der Waals surface area contributed by atoms with Crippen molar-refractivity contribution in [3.05, 3.63) is 53.9 Å². The Morgan fingerprint density at radius 2 is 1.96 bits per heavy atom. The van der Waals surface area contributed by atoms with Crippen molar-refractivity contribution < 1.29 is 8.53 Å². The summed E-state index contributed by atoms with van der Waals surface area (Å²) in [6, 6.07) is 11.8. The predicted octanol–water partition coefficient (Wildman–Crippen LogP) is 4.93. The fourth-order valence-electron chi connectivity index (χ4n) is 3.76. The lowest BCUT2D eigenvalue weighted by Gasteiger charge is -2.28. The van der Waals surface area contributed by atoms with E-state index in [1.807, 2.05) is 62.1 Å². The van der Waals surface area contributed by atoms with E-state index in [0.717, 1.165) is 33.4 Å². The van der Waals surface area contributed by atoms with E-state index in [4.69, 9.17) is 8.53 Å². The molecule has 1 aliphatic heterocycles. The Labute approximate surface area is 156 Å². The van der Waals surface area contributed by atoms with Crippen LogP contribution in [0, 0.1) is 13.8 Å². The molecule has 5 heteroatoms. The molecule has 0 aliphatic carbocycles. The van der Waals surface area contributed by atoms with Crippen molar-refractivity contribution in [3.63, 3.8) is 0 Å². The molecule has 1 aromatic carbocycles. The van der Waals surface area contributed by atoms with E-state index in [-0.39, 0.29) is 0 Å². The highest BCUT2D eigenvalue weighted by Crippen LogP contribution is 2.46. The van der Waals surface area contributed by atoms with Gasteiger partial charge in [0.1, 0.15) is 6.17 Å². The molecule has 26 heavy (non-hydrogen) atoms. The van der Waals surface area contributed by atoms with Crippen molar-refractivity contribution in [1.82, 2.24) is 9.97 Å². The first-order valence-electron chi connectivity index (χ1n) is 10.1. The lowest BCUT2D eigenvalue weighted by Crippen LogP contribution is -2.36. The number of hydrogen-bond acceptors (Lipinski definition) is 5. The van der Waals surface area contributed by atoms with E-state index in [9.17, 15) is 0 Å². The summed E-state index contributed by atoms with van der Waals surface area (Å²) in [4.78, 5) is 12.3. The van der Waals surface area contributed by atoms with Gasteiger partial charge in [-0.2, -0.15) is 0 Å². The van der Waals surface area contributed by atoms with Crippen LogP contribution in [0.5, 0.6) is 0 Å². The van der Waals surface area contributed by atoms with Crippen LogP contribution in [0.2, 0.25) is 0 Å². The number of aryl methyl sites for hydroxylation is 2. The second-order valence-electron chi connectivity index (χ2n) is 6.73. The van der Waals surface area contributed by atoms with E-state index in [2.05, 4.69) is 9.97 Å². The number of rotatable bonds is 1. The van der Waals surface area contributed by atoms with Crippen molar-refractivity contribution >= 4 is 39.3 Å². The van der Waals surface area contributed by atoms with Crippen molar-refractivity contribution in [2.45, 2.75) is 26.9 Å². The van der Waals surface area contributed by atoms with Gasteiger partial charge in [-0.3, -0.25) is 0 Å². The number of fused-ring (bicyclic) bond motifs is 4. The van der Waals surface area contributed by atoms with Crippen LogP contribution in [0.1, 0.15) is 22.3 Å². The van der Waals surface area contributed by atoms with Gasteiger partial charge in [-0.1, -0.05) is 12.1 Å². The zero-order valence-electron chi connectivity index (χ0n) is 17.8. The summed E-state index contributed by atoms with van der Waals surface area (Å²) >= 11 is 0. The second-order valence-corrected chi connectivity index (χ2v) is 6.73. The molecule has 0 N–H and O–H groups in total. The molecular weight excluding hydrogens is 324 g/mol. The standard InChI is InChI=1S/C21H20N4O/c1-12-7-9-15-16-10-8-13(2)23-21(16)26-19(15)18(12)25-14(3)24(4)20-17(25)6-5-11-22-20/h5-11,14H,1-4H3/i4D3. The fourth-order valence-corrected chi connectivity index (χ4v) is 3.76. The third-order valence-corrected chi connectivity index (χ3v) is 5.06. The predicted molar refractivity (Wildman–Crippen MR) is 105 cm³/mol. The first kappa shape index (κ1) is 12.3. The van der Waals surface area contributed by atoms with Gasteiger partial charge in [0.25, 0.3) is 0 Å². The minimum atomic E-state index is -2.31. The minimum Gasteiger partial charge on any atom is -0.435 e. The quantitative estimate of drug-likeness (QED) is 0.489. The number of nitrogens with zero attached hydrogens (tertiary/aromatic N) is 4. The Morgan fingerprint density at radius 1 is 1.12 bits per heavy atom. The molecule has 0 spiro atoms. The Kier molecular flexibility index (Phi) is 2.46. The molecule has 130 valence electrons. The van der Waals surface area contributed by atoms with Gasteiger partial charge in [-0.15, -0.1) is 0 Å². The largest absolute Gasteiger partial charge is 0.435 e. The first-order chi connectivity index (χ1) is 13.8. The van der Waals surface area contributed by atoms with Gasteiger partial charge >= 0.3 is 0 Å². The molecular formula is C21H20N4O. The van der Waals surface area contributed by atoms with Crippen LogP contribution in [0.4, 0.5) is 17.2 Å². The van der Waals surface area contributed by atoms with E-state index < -0.39 is 13.1 Å². The number of aromatic nitrogens is 2. The molecule has 1 aliphatic rings. The van der Waals surface area contributed by atoms with Crippen molar-refractivity contribution in [1.29, 1.82) is 0 Å². The zero-order chi connectivity index (χ0) is 20.5. The monoisotopic (exact) mass is 347 g/mol. The highest BCUT2D eigenvalue weighted by Gasteiger charge is 2.35. The lowest BCUT2D eigenvalue weighted by atomic mass is 10.1. The van der Waals surface area contributed by atoms with Crippen LogP contribution in [0.3, 0.4) is 0 Å². The molecule has 1 unspecified atom stereocenters. The molecule has 0 bridgehead atoms. The van der Waals surface area contributed by atoms with Gasteiger partial charge < -0.3 is 14.2 Å². The molecule has 5 nitrogen and oxygen atoms in total. The maximum atomic E-state index is 8.03. The smallest absolute Gasteiger partial charge is 0.227 e. The van der Waals surface area contributed by atoms with Crippen LogP contribution >= 0.6 is 0 Å². The SMILES string of the molecule is [2H]C([2H])([2H])N1c2ncccc2N(c2c(C)ccc3c2oc2nc(C)ccc23)C1C. The maximum absolute atomic E-state index is 8.03. The Morgan fingerprint density at radius 3 is 2.81 bits per heavy atom. The number of benzene rings is 1. The Bertz CT molecular complexity index is 1260.